The lowest BCUT2D eigenvalue weighted by atomic mass is 9.91. The van der Waals surface area contributed by atoms with Crippen LogP contribution in [-0.2, 0) is 38.5 Å². The Morgan fingerprint density at radius 1 is 0.348 bits per heavy atom. The highest BCUT2D eigenvalue weighted by Crippen LogP contribution is 2.24. The fraction of sp³-hybridized carbons (Fsp3) is 0.455. The van der Waals surface area contributed by atoms with E-state index >= 15 is 0 Å². The predicted molar refractivity (Wildman–Crippen MR) is 202 cm³/mol. The Kier molecular flexibility index (Phi) is 15.3. The molecule has 2 nitrogen and oxygen atoms in total. The van der Waals surface area contributed by atoms with Crippen LogP contribution in [0, 0.1) is 0 Å². The summed E-state index contributed by atoms with van der Waals surface area (Å²) in [5.74, 6) is 0. The molecule has 0 saturated heterocycles. The number of aryl methyl sites for hydroxylation is 4. The molecule has 0 aromatic heterocycles. The van der Waals surface area contributed by atoms with E-state index in [1.165, 1.54) is 134 Å². The van der Waals surface area contributed by atoms with Crippen LogP contribution in [0.3, 0.4) is 0 Å². The van der Waals surface area contributed by atoms with Crippen molar-refractivity contribution in [3.05, 3.63) is 129 Å². The Balaban J connectivity index is 1.44. The van der Waals surface area contributed by atoms with Crippen molar-refractivity contribution in [2.75, 3.05) is 11.5 Å². The fourth-order valence-corrected chi connectivity index (χ4v) is 6.67. The molecule has 4 aromatic rings. The van der Waals surface area contributed by atoms with Crippen LogP contribution in [0.5, 0.6) is 0 Å². The van der Waals surface area contributed by atoms with Crippen molar-refractivity contribution < 1.29 is 0 Å². The van der Waals surface area contributed by atoms with E-state index in [1.807, 2.05) is 24.3 Å². The smallest absolute Gasteiger partial charge is 0.0314 e. The molecule has 4 N–H and O–H groups in total. The molecule has 0 aliphatic rings. The minimum atomic E-state index is 0.833. The number of rotatable bonds is 21. The van der Waals surface area contributed by atoms with Gasteiger partial charge in [-0.1, -0.05) is 139 Å². The molecule has 0 bridgehead atoms. The van der Waals surface area contributed by atoms with Gasteiger partial charge in [0.05, 0.1) is 0 Å². The van der Waals surface area contributed by atoms with Gasteiger partial charge in [-0.05, 0) is 120 Å². The Bertz CT molecular complexity index is 1310. The number of hydrogen-bond acceptors (Lipinski definition) is 2. The first kappa shape index (κ1) is 35.3. The van der Waals surface area contributed by atoms with Crippen molar-refractivity contribution in [3.8, 4) is 0 Å². The molecule has 2 heteroatoms. The molecule has 0 spiro atoms. The van der Waals surface area contributed by atoms with E-state index in [0.29, 0.717) is 0 Å². The lowest BCUT2D eigenvalue weighted by molar-refractivity contribution is 0.606. The second kappa shape index (κ2) is 19.9. The molecule has 0 fully saturated rings. The largest absolute Gasteiger partial charge is 0.399 e. The first-order chi connectivity index (χ1) is 22.5. The highest BCUT2D eigenvalue weighted by atomic mass is 14.5. The quantitative estimate of drug-likeness (QED) is 0.0723. The Hall–Kier alpha value is -3.52. The summed E-state index contributed by atoms with van der Waals surface area (Å²) in [5, 5.41) is 0. The molecule has 246 valence electrons. The van der Waals surface area contributed by atoms with Crippen molar-refractivity contribution in [1.82, 2.24) is 0 Å². The third kappa shape index (κ3) is 12.3. The van der Waals surface area contributed by atoms with Crippen LogP contribution in [0.1, 0.15) is 135 Å². The van der Waals surface area contributed by atoms with Gasteiger partial charge in [-0.3, -0.25) is 0 Å². The topological polar surface area (TPSA) is 52.0 Å². The van der Waals surface area contributed by atoms with E-state index in [-0.39, 0.29) is 0 Å². The van der Waals surface area contributed by atoms with E-state index in [4.69, 9.17) is 11.5 Å². The molecular formula is C44H60N2. The van der Waals surface area contributed by atoms with Crippen LogP contribution in [-0.4, -0.2) is 0 Å². The Labute approximate surface area is 281 Å². The normalized spacial score (nSPS) is 11.3. The molecule has 0 heterocycles. The molecule has 0 aliphatic carbocycles. The van der Waals surface area contributed by atoms with Gasteiger partial charge in [0.25, 0.3) is 0 Å². The number of nitrogens with two attached hydrogens (primary N) is 2. The molecule has 0 unspecified atom stereocenters. The third-order valence-corrected chi connectivity index (χ3v) is 9.59. The molecule has 0 aliphatic heterocycles. The second-order valence-corrected chi connectivity index (χ2v) is 13.6. The zero-order chi connectivity index (χ0) is 32.4. The number of hydrogen-bond donors (Lipinski definition) is 2. The van der Waals surface area contributed by atoms with Crippen molar-refractivity contribution in [2.45, 2.75) is 129 Å². The molecule has 4 rings (SSSR count). The summed E-state index contributed by atoms with van der Waals surface area (Å²) in [6.45, 7) is 4.59. The zero-order valence-electron chi connectivity index (χ0n) is 29.0. The highest BCUT2D eigenvalue weighted by molar-refractivity contribution is 5.44. The zero-order valence-corrected chi connectivity index (χ0v) is 29.0. The van der Waals surface area contributed by atoms with E-state index in [2.05, 4.69) is 74.5 Å². The number of anilines is 2. The third-order valence-electron chi connectivity index (χ3n) is 9.59. The van der Waals surface area contributed by atoms with Crippen molar-refractivity contribution in [2.24, 2.45) is 0 Å². The predicted octanol–water partition coefficient (Wildman–Crippen LogP) is 11.6. The van der Waals surface area contributed by atoms with Gasteiger partial charge in [0.15, 0.2) is 0 Å². The number of benzene rings is 4. The van der Waals surface area contributed by atoms with Crippen LogP contribution >= 0.6 is 0 Å². The average Bonchev–Trinajstić information content (AvgIpc) is 3.07. The SMILES string of the molecule is CCCCCCCCc1cc(CCc2ccc(Cc3ccc(N)cc3)c(CCCCCCCC)c2)ccc1Cc1ccc(N)cc1. The monoisotopic (exact) mass is 616 g/mol. The maximum absolute atomic E-state index is 5.97. The van der Waals surface area contributed by atoms with Gasteiger partial charge in [-0.2, -0.15) is 0 Å². The minimum absolute atomic E-state index is 0.833. The second-order valence-electron chi connectivity index (χ2n) is 13.6. The molecule has 0 radical (unpaired) electrons. The van der Waals surface area contributed by atoms with E-state index < -0.39 is 0 Å². The van der Waals surface area contributed by atoms with Crippen molar-refractivity contribution >= 4 is 11.4 Å². The summed E-state index contributed by atoms with van der Waals surface area (Å²) in [4.78, 5) is 0. The van der Waals surface area contributed by atoms with Crippen molar-refractivity contribution in [1.29, 1.82) is 0 Å². The fourth-order valence-electron chi connectivity index (χ4n) is 6.67. The highest BCUT2D eigenvalue weighted by Gasteiger charge is 2.10. The molecule has 0 amide bonds. The first-order valence-electron chi connectivity index (χ1n) is 18.4. The van der Waals surface area contributed by atoms with Gasteiger partial charge in [0.2, 0.25) is 0 Å². The van der Waals surface area contributed by atoms with Crippen LogP contribution in [0.25, 0.3) is 0 Å². The van der Waals surface area contributed by atoms with E-state index in [0.717, 1.165) is 37.1 Å². The maximum atomic E-state index is 5.97. The standard InChI is InChI=1S/C44H60N2/c1-3-5-7-9-11-13-15-39-31-35(19-25-41(39)33-37-21-27-43(45)28-22-37)17-18-36-20-26-42(34-38-23-29-44(46)30-24-38)40(32-36)16-14-12-10-8-6-4-2/h19-32H,3-18,33-34,45-46H2,1-2H3. The summed E-state index contributed by atoms with van der Waals surface area (Å²) in [6, 6.07) is 31.4. The van der Waals surface area contributed by atoms with Crippen LogP contribution in [0.2, 0.25) is 0 Å². The summed E-state index contributed by atoms with van der Waals surface area (Å²) < 4.78 is 0. The van der Waals surface area contributed by atoms with Crippen LogP contribution in [0.15, 0.2) is 84.9 Å². The maximum Gasteiger partial charge on any atom is 0.0314 e. The minimum Gasteiger partial charge on any atom is -0.399 e. The summed E-state index contributed by atoms with van der Waals surface area (Å²) in [7, 11) is 0. The summed E-state index contributed by atoms with van der Waals surface area (Å²) >= 11 is 0. The first-order valence-corrected chi connectivity index (χ1v) is 18.4. The van der Waals surface area contributed by atoms with Gasteiger partial charge in [-0.25, -0.2) is 0 Å². The summed E-state index contributed by atoms with van der Waals surface area (Å²) in [6.07, 6.45) is 22.5. The lowest BCUT2D eigenvalue weighted by Gasteiger charge is -2.15. The molecule has 0 saturated carbocycles. The van der Waals surface area contributed by atoms with E-state index in [1.54, 1.807) is 0 Å². The molecular weight excluding hydrogens is 556 g/mol. The van der Waals surface area contributed by atoms with Gasteiger partial charge >= 0.3 is 0 Å². The summed E-state index contributed by atoms with van der Waals surface area (Å²) in [5.41, 5.74) is 25.2. The number of nitrogen functional groups attached to an aromatic ring is 2. The molecule has 4 aromatic carbocycles. The molecule has 46 heavy (non-hydrogen) atoms. The van der Waals surface area contributed by atoms with Gasteiger partial charge in [0.1, 0.15) is 0 Å². The van der Waals surface area contributed by atoms with Crippen LogP contribution in [0.4, 0.5) is 11.4 Å². The number of unbranched alkanes of at least 4 members (excludes halogenated alkanes) is 10. The van der Waals surface area contributed by atoms with Gasteiger partial charge in [0, 0.05) is 11.4 Å². The lowest BCUT2D eigenvalue weighted by Crippen LogP contribution is -2.02. The van der Waals surface area contributed by atoms with Gasteiger partial charge in [-0.15, -0.1) is 0 Å². The van der Waals surface area contributed by atoms with Gasteiger partial charge < -0.3 is 11.5 Å². The van der Waals surface area contributed by atoms with Crippen LogP contribution < -0.4 is 11.5 Å². The Morgan fingerprint density at radius 3 is 1.09 bits per heavy atom. The molecule has 0 atom stereocenters. The van der Waals surface area contributed by atoms with E-state index in [9.17, 15) is 0 Å². The Morgan fingerprint density at radius 2 is 0.696 bits per heavy atom. The van der Waals surface area contributed by atoms with Crippen molar-refractivity contribution in [3.63, 3.8) is 0 Å². The average molecular weight is 617 g/mol.